The van der Waals surface area contributed by atoms with Crippen molar-refractivity contribution in [1.29, 1.82) is 0 Å². The summed E-state index contributed by atoms with van der Waals surface area (Å²) in [7, 11) is 3.37. The quantitative estimate of drug-likeness (QED) is 0.683. The smallest absolute Gasteiger partial charge is 0.321 e. The fraction of sp³-hybridized carbons (Fsp3) is 0.333. The molecular formula is C21H27N3O4. The first kappa shape index (κ1) is 21.2. The van der Waals surface area contributed by atoms with Gasteiger partial charge in [-0.2, -0.15) is 0 Å². The van der Waals surface area contributed by atoms with Crippen LogP contribution >= 0.6 is 0 Å². The summed E-state index contributed by atoms with van der Waals surface area (Å²) in [5.74, 6) is -0.00288. The lowest BCUT2D eigenvalue weighted by Gasteiger charge is -2.25. The molecule has 0 aliphatic carbocycles. The molecule has 2 aromatic rings. The van der Waals surface area contributed by atoms with E-state index in [2.05, 4.69) is 5.32 Å². The summed E-state index contributed by atoms with van der Waals surface area (Å²) in [5.41, 5.74) is 1.82. The Morgan fingerprint density at radius 2 is 1.82 bits per heavy atom. The summed E-state index contributed by atoms with van der Waals surface area (Å²) in [5, 5.41) is 22.8. The predicted molar refractivity (Wildman–Crippen MR) is 108 cm³/mol. The number of amides is 3. The van der Waals surface area contributed by atoms with Crippen LogP contribution in [0.1, 0.15) is 24.2 Å². The van der Waals surface area contributed by atoms with Crippen LogP contribution in [0.4, 0.5) is 10.5 Å². The van der Waals surface area contributed by atoms with Gasteiger partial charge in [0.05, 0.1) is 19.1 Å². The lowest BCUT2D eigenvalue weighted by molar-refractivity contribution is -0.127. The third kappa shape index (κ3) is 5.72. The number of anilines is 1. The minimum absolute atomic E-state index is 0.0588. The normalized spacial score (nSPS) is 11.6. The van der Waals surface area contributed by atoms with Crippen LogP contribution in [-0.2, 0) is 11.2 Å². The molecule has 2 rings (SSSR count). The van der Waals surface area contributed by atoms with Crippen molar-refractivity contribution in [1.82, 2.24) is 9.80 Å². The van der Waals surface area contributed by atoms with Crippen molar-refractivity contribution in [2.75, 3.05) is 32.5 Å². The molecule has 7 nitrogen and oxygen atoms in total. The first-order chi connectivity index (χ1) is 13.3. The zero-order chi connectivity index (χ0) is 20.7. The van der Waals surface area contributed by atoms with Crippen molar-refractivity contribution in [3.63, 3.8) is 0 Å². The van der Waals surface area contributed by atoms with Crippen LogP contribution in [0.3, 0.4) is 0 Å². The lowest BCUT2D eigenvalue weighted by atomic mass is 10.1. The predicted octanol–water partition coefficient (Wildman–Crippen LogP) is 2.61. The van der Waals surface area contributed by atoms with E-state index in [0.717, 1.165) is 5.56 Å². The number of para-hydroxylation sites is 1. The Hall–Kier alpha value is -3.06. The zero-order valence-corrected chi connectivity index (χ0v) is 16.4. The Morgan fingerprint density at radius 1 is 1.11 bits per heavy atom. The van der Waals surface area contributed by atoms with Crippen molar-refractivity contribution >= 4 is 17.6 Å². The summed E-state index contributed by atoms with van der Waals surface area (Å²) >= 11 is 0. The molecule has 3 N–H and O–H groups in total. The number of aromatic hydroxyl groups is 1. The molecule has 2 aromatic carbocycles. The number of hydrogen-bond acceptors (Lipinski definition) is 4. The second-order valence-corrected chi connectivity index (χ2v) is 6.70. The van der Waals surface area contributed by atoms with Gasteiger partial charge in [0.25, 0.3) is 0 Å². The molecule has 0 fully saturated rings. The highest BCUT2D eigenvalue weighted by atomic mass is 16.3. The van der Waals surface area contributed by atoms with Crippen molar-refractivity contribution in [2.45, 2.75) is 19.4 Å². The average Bonchev–Trinajstić information content (AvgIpc) is 2.67. The monoisotopic (exact) mass is 385 g/mol. The van der Waals surface area contributed by atoms with Gasteiger partial charge in [-0.05, 0) is 36.2 Å². The van der Waals surface area contributed by atoms with Crippen LogP contribution in [-0.4, -0.2) is 59.1 Å². The summed E-state index contributed by atoms with van der Waals surface area (Å²) in [4.78, 5) is 27.7. The zero-order valence-electron chi connectivity index (χ0n) is 16.4. The molecule has 0 saturated heterocycles. The van der Waals surface area contributed by atoms with Gasteiger partial charge in [-0.25, -0.2) is 4.79 Å². The van der Waals surface area contributed by atoms with Gasteiger partial charge in [0, 0.05) is 26.3 Å². The number of hydrogen-bond donors (Lipinski definition) is 3. The van der Waals surface area contributed by atoms with Gasteiger partial charge in [0.15, 0.2) is 0 Å². The molecule has 28 heavy (non-hydrogen) atoms. The van der Waals surface area contributed by atoms with E-state index < -0.39 is 6.10 Å². The Labute approximate surface area is 165 Å². The van der Waals surface area contributed by atoms with E-state index in [0.29, 0.717) is 17.8 Å². The minimum Gasteiger partial charge on any atom is -0.508 e. The van der Waals surface area contributed by atoms with Gasteiger partial charge in [-0.15, -0.1) is 0 Å². The summed E-state index contributed by atoms with van der Waals surface area (Å²) in [6, 6.07) is 13.1. The van der Waals surface area contributed by atoms with E-state index in [4.69, 9.17) is 0 Å². The van der Waals surface area contributed by atoms with E-state index in [9.17, 15) is 19.8 Å². The van der Waals surface area contributed by atoms with E-state index in [1.54, 1.807) is 44.4 Å². The number of phenolic OH excluding ortho intramolecular Hbond substituents is 1. The van der Waals surface area contributed by atoms with E-state index in [-0.39, 0.29) is 30.7 Å². The second-order valence-electron chi connectivity index (χ2n) is 6.70. The van der Waals surface area contributed by atoms with Crippen LogP contribution < -0.4 is 5.32 Å². The van der Waals surface area contributed by atoms with Crippen LogP contribution in [0.2, 0.25) is 0 Å². The Balaban J connectivity index is 2.09. The maximum atomic E-state index is 12.7. The van der Waals surface area contributed by atoms with Gasteiger partial charge < -0.3 is 25.3 Å². The first-order valence-electron chi connectivity index (χ1n) is 9.12. The number of likely N-dealkylation sites (N-methyl/N-ethyl adjacent to an activating group) is 2. The molecule has 0 bridgehead atoms. The molecule has 150 valence electrons. The number of nitrogens with zero attached hydrogens (tertiary/aromatic N) is 2. The van der Waals surface area contributed by atoms with Crippen molar-refractivity contribution in [3.05, 3.63) is 59.7 Å². The van der Waals surface area contributed by atoms with Gasteiger partial charge in [-0.3, -0.25) is 4.79 Å². The minimum atomic E-state index is -0.927. The summed E-state index contributed by atoms with van der Waals surface area (Å²) in [6.07, 6.45) is -0.745. The van der Waals surface area contributed by atoms with Crippen molar-refractivity contribution in [2.24, 2.45) is 0 Å². The topological polar surface area (TPSA) is 93.1 Å². The molecule has 3 amide bonds. The number of nitrogens with one attached hydrogen (secondary N) is 1. The van der Waals surface area contributed by atoms with Gasteiger partial charge in [-0.1, -0.05) is 30.3 Å². The number of urea groups is 1. The maximum absolute atomic E-state index is 12.7. The average molecular weight is 385 g/mol. The number of rotatable bonds is 7. The molecule has 1 atom stereocenters. The van der Waals surface area contributed by atoms with Gasteiger partial charge in [0.2, 0.25) is 5.91 Å². The third-order valence-electron chi connectivity index (χ3n) is 4.42. The Kier molecular flexibility index (Phi) is 7.40. The number of aliphatic hydroxyl groups excluding tert-OH is 1. The lowest BCUT2D eigenvalue weighted by Crippen LogP contribution is -2.38. The Bertz CT molecular complexity index is 823. The fourth-order valence-electron chi connectivity index (χ4n) is 2.71. The SMILES string of the molecule is CCN(C[C@@H](O)c1cccc(O)c1)C(=O)Nc1ccccc1CC(=O)N(C)C. The molecule has 0 aromatic heterocycles. The molecule has 0 unspecified atom stereocenters. The number of benzene rings is 2. The fourth-order valence-corrected chi connectivity index (χ4v) is 2.71. The van der Waals surface area contributed by atoms with E-state index in [1.807, 2.05) is 13.0 Å². The van der Waals surface area contributed by atoms with Gasteiger partial charge >= 0.3 is 6.03 Å². The highest BCUT2D eigenvalue weighted by molar-refractivity contribution is 5.91. The first-order valence-corrected chi connectivity index (χ1v) is 9.12. The van der Waals surface area contributed by atoms with Crippen LogP contribution in [0, 0.1) is 0 Å². The molecular weight excluding hydrogens is 358 g/mol. The molecule has 0 heterocycles. The number of phenols is 1. The molecule has 7 heteroatoms. The number of aliphatic hydroxyl groups is 1. The number of carbonyl (C=O) groups excluding carboxylic acids is 2. The van der Waals surface area contributed by atoms with Gasteiger partial charge in [0.1, 0.15) is 5.75 Å². The molecule has 0 aliphatic rings. The summed E-state index contributed by atoms with van der Waals surface area (Å²) < 4.78 is 0. The highest BCUT2D eigenvalue weighted by Gasteiger charge is 2.19. The molecule has 0 saturated carbocycles. The highest BCUT2D eigenvalue weighted by Crippen LogP contribution is 2.21. The maximum Gasteiger partial charge on any atom is 0.321 e. The standard InChI is InChI=1S/C21H27N3O4/c1-4-24(14-19(26)16-9-7-10-17(25)12-16)21(28)22-18-11-6-5-8-15(18)13-20(27)23(2)3/h5-12,19,25-26H,4,13-14H2,1-3H3,(H,22,28)/t19-/m1/s1. The molecule has 0 spiro atoms. The third-order valence-corrected chi connectivity index (χ3v) is 4.42. The second kappa shape index (κ2) is 9.75. The van der Waals surface area contributed by atoms with Crippen LogP contribution in [0.25, 0.3) is 0 Å². The van der Waals surface area contributed by atoms with Crippen molar-refractivity contribution in [3.8, 4) is 5.75 Å². The van der Waals surface area contributed by atoms with E-state index in [1.165, 1.54) is 21.9 Å². The number of carbonyl (C=O) groups is 2. The largest absolute Gasteiger partial charge is 0.508 e. The molecule has 0 radical (unpaired) electrons. The molecule has 0 aliphatic heterocycles. The van der Waals surface area contributed by atoms with E-state index >= 15 is 0 Å². The Morgan fingerprint density at radius 3 is 2.46 bits per heavy atom. The van der Waals surface area contributed by atoms with Crippen molar-refractivity contribution < 1.29 is 19.8 Å². The van der Waals surface area contributed by atoms with Crippen LogP contribution in [0.5, 0.6) is 5.75 Å². The van der Waals surface area contributed by atoms with Crippen LogP contribution in [0.15, 0.2) is 48.5 Å². The summed E-state index contributed by atoms with van der Waals surface area (Å²) in [6.45, 7) is 2.28.